The minimum atomic E-state index is -2.87. The number of nitrogens with zero attached hydrogens (tertiary/aromatic N) is 3. The summed E-state index contributed by atoms with van der Waals surface area (Å²) < 4.78 is 25.8. The standard InChI is InChI=1S/C16H21BrF2N6/c1-21-13(14-12-6-7-22-15(12)24-9-25(14)20)10-2-4-11(5-3-10)23-8-16(17,18)19/h6-7,9-11,22-23H,1-5,8,20H2/b14-13-. The van der Waals surface area contributed by atoms with E-state index in [1.54, 1.807) is 6.34 Å². The van der Waals surface area contributed by atoms with E-state index in [-0.39, 0.29) is 18.5 Å². The Morgan fingerprint density at radius 1 is 1.48 bits per heavy atom. The Balaban J connectivity index is 1.73. The van der Waals surface area contributed by atoms with Gasteiger partial charge in [0.2, 0.25) is 0 Å². The lowest BCUT2D eigenvalue weighted by molar-refractivity contribution is 0.105. The predicted octanol–water partition coefficient (Wildman–Crippen LogP) is 3.37. The Bertz CT molecular complexity index is 685. The normalized spacial score (nSPS) is 25.7. The number of alkyl halides is 3. The number of allylic oxidation sites excluding steroid dienone is 1. The fourth-order valence-corrected chi connectivity index (χ4v) is 3.64. The number of hydrogen-bond acceptors (Lipinski definition) is 5. The molecule has 1 fully saturated rings. The van der Waals surface area contributed by atoms with E-state index >= 15 is 0 Å². The minimum Gasteiger partial charge on any atom is -0.346 e. The summed E-state index contributed by atoms with van der Waals surface area (Å²) in [6.07, 6.45) is 6.65. The monoisotopic (exact) mass is 414 g/mol. The molecule has 9 heteroatoms. The molecular weight excluding hydrogens is 394 g/mol. The summed E-state index contributed by atoms with van der Waals surface area (Å²) in [5.74, 6) is 7.02. The first-order valence-corrected chi connectivity index (χ1v) is 8.95. The zero-order chi connectivity index (χ0) is 18.0. The summed E-state index contributed by atoms with van der Waals surface area (Å²) >= 11 is 2.36. The van der Waals surface area contributed by atoms with Crippen LogP contribution in [0.25, 0.3) is 5.70 Å². The van der Waals surface area contributed by atoms with Crippen LogP contribution in [-0.4, -0.2) is 40.5 Å². The second-order valence-corrected chi connectivity index (χ2v) is 7.49. The van der Waals surface area contributed by atoms with Crippen molar-refractivity contribution in [2.24, 2.45) is 21.7 Å². The highest BCUT2D eigenvalue weighted by Crippen LogP contribution is 2.39. The van der Waals surface area contributed by atoms with Gasteiger partial charge in [0.15, 0.2) is 0 Å². The molecule has 0 bridgehead atoms. The van der Waals surface area contributed by atoms with Gasteiger partial charge in [-0.2, -0.15) is 8.78 Å². The number of aromatic amines is 1. The number of fused-ring (bicyclic) bond motifs is 1. The van der Waals surface area contributed by atoms with Gasteiger partial charge in [-0.25, -0.2) is 10.8 Å². The number of rotatable bonds is 5. The third kappa shape index (κ3) is 4.16. The fourth-order valence-electron chi connectivity index (χ4n) is 3.47. The Hall–Kier alpha value is -1.58. The van der Waals surface area contributed by atoms with Crippen LogP contribution in [0.5, 0.6) is 0 Å². The van der Waals surface area contributed by atoms with Gasteiger partial charge in [0.05, 0.1) is 17.9 Å². The summed E-state index contributed by atoms with van der Waals surface area (Å²) in [6.45, 7) is 3.36. The maximum Gasteiger partial charge on any atom is 0.313 e. The number of aromatic nitrogens is 1. The number of aliphatic imine (C=N–C) groups is 2. The van der Waals surface area contributed by atoms with Crippen LogP contribution in [0.1, 0.15) is 31.2 Å². The second kappa shape index (κ2) is 7.35. The Kier molecular flexibility index (Phi) is 5.35. The molecule has 0 atom stereocenters. The summed E-state index contributed by atoms with van der Waals surface area (Å²) in [5, 5.41) is 4.39. The van der Waals surface area contributed by atoms with Crippen LogP contribution in [0.2, 0.25) is 0 Å². The molecule has 136 valence electrons. The Morgan fingerprint density at radius 3 is 2.84 bits per heavy atom. The van der Waals surface area contributed by atoms with E-state index in [2.05, 4.69) is 42.9 Å². The maximum absolute atomic E-state index is 12.9. The molecule has 1 aliphatic heterocycles. The number of nitrogens with one attached hydrogen (secondary N) is 2. The van der Waals surface area contributed by atoms with E-state index in [0.29, 0.717) is 0 Å². The maximum atomic E-state index is 12.9. The molecule has 0 amide bonds. The number of hydrogen-bond donors (Lipinski definition) is 3. The first-order valence-electron chi connectivity index (χ1n) is 8.16. The third-order valence-corrected chi connectivity index (χ3v) is 4.95. The van der Waals surface area contributed by atoms with Gasteiger partial charge in [0.1, 0.15) is 12.2 Å². The van der Waals surface area contributed by atoms with Crippen LogP contribution in [0, 0.1) is 5.92 Å². The lowest BCUT2D eigenvalue weighted by Crippen LogP contribution is -2.39. The van der Waals surface area contributed by atoms with E-state index in [9.17, 15) is 8.78 Å². The van der Waals surface area contributed by atoms with Crippen LogP contribution >= 0.6 is 15.9 Å². The van der Waals surface area contributed by atoms with Crippen molar-refractivity contribution in [1.82, 2.24) is 15.3 Å². The number of halogens is 3. The quantitative estimate of drug-likeness (QED) is 0.392. The van der Waals surface area contributed by atoms with Crippen LogP contribution in [0.15, 0.2) is 27.9 Å². The first kappa shape index (κ1) is 18.2. The van der Waals surface area contributed by atoms with Crippen molar-refractivity contribution in [2.75, 3.05) is 6.54 Å². The summed E-state index contributed by atoms with van der Waals surface area (Å²) in [6, 6.07) is 2.00. The Labute approximate surface area is 153 Å². The lowest BCUT2D eigenvalue weighted by Gasteiger charge is -2.32. The molecule has 2 heterocycles. The van der Waals surface area contributed by atoms with E-state index in [1.807, 2.05) is 12.3 Å². The number of H-pyrrole nitrogens is 1. The molecule has 1 aromatic heterocycles. The molecular formula is C16H21BrF2N6. The van der Waals surface area contributed by atoms with E-state index < -0.39 is 4.83 Å². The molecule has 0 saturated heterocycles. The van der Waals surface area contributed by atoms with Gasteiger partial charge in [0.25, 0.3) is 0 Å². The number of hydrazine groups is 1. The summed E-state index contributed by atoms with van der Waals surface area (Å²) in [7, 11) is 0. The molecule has 25 heavy (non-hydrogen) atoms. The van der Waals surface area contributed by atoms with Crippen molar-refractivity contribution in [1.29, 1.82) is 0 Å². The highest BCUT2D eigenvalue weighted by molar-refractivity contribution is 9.10. The Morgan fingerprint density at radius 2 is 2.20 bits per heavy atom. The molecule has 1 aromatic rings. The van der Waals surface area contributed by atoms with Gasteiger partial charge in [-0.1, -0.05) is 0 Å². The van der Waals surface area contributed by atoms with E-state index in [0.717, 1.165) is 48.5 Å². The van der Waals surface area contributed by atoms with Crippen molar-refractivity contribution >= 4 is 40.5 Å². The predicted molar refractivity (Wildman–Crippen MR) is 99.1 cm³/mol. The average Bonchev–Trinajstić information content (AvgIpc) is 3.04. The van der Waals surface area contributed by atoms with Crippen LogP contribution < -0.4 is 11.2 Å². The van der Waals surface area contributed by atoms with E-state index in [1.165, 1.54) is 5.01 Å². The van der Waals surface area contributed by atoms with Gasteiger partial charge in [-0.3, -0.25) is 10.0 Å². The van der Waals surface area contributed by atoms with Gasteiger partial charge in [-0.15, -0.1) is 0 Å². The largest absolute Gasteiger partial charge is 0.346 e. The van der Waals surface area contributed by atoms with E-state index in [4.69, 9.17) is 5.84 Å². The zero-order valence-electron chi connectivity index (χ0n) is 13.7. The van der Waals surface area contributed by atoms with Crippen molar-refractivity contribution in [3.8, 4) is 0 Å². The second-order valence-electron chi connectivity index (χ2n) is 6.33. The highest BCUT2D eigenvalue weighted by atomic mass is 79.9. The molecule has 0 radical (unpaired) electrons. The molecule has 0 unspecified atom stereocenters. The molecule has 3 rings (SSSR count). The summed E-state index contributed by atoms with van der Waals surface area (Å²) in [4.78, 5) is 8.70. The molecule has 0 spiro atoms. The topological polar surface area (TPSA) is 81.8 Å². The first-order chi connectivity index (χ1) is 11.9. The smallest absolute Gasteiger partial charge is 0.313 e. The van der Waals surface area contributed by atoms with Crippen molar-refractivity contribution in [2.45, 2.75) is 36.6 Å². The molecule has 1 aliphatic carbocycles. The van der Waals surface area contributed by atoms with Gasteiger partial charge in [0, 0.05) is 23.7 Å². The SMILES string of the molecule is C=N/C(=C1/c2cc[nH]c2N=CN1N)C1CCC(NCC(F)(F)Br)CC1. The minimum absolute atomic E-state index is 0.0838. The molecule has 1 saturated carbocycles. The zero-order valence-corrected chi connectivity index (χ0v) is 15.3. The van der Waals surface area contributed by atoms with Gasteiger partial charge >= 0.3 is 4.83 Å². The number of nitrogens with two attached hydrogens (primary N) is 1. The molecule has 0 aromatic carbocycles. The average molecular weight is 415 g/mol. The van der Waals surface area contributed by atoms with Crippen LogP contribution in [-0.2, 0) is 0 Å². The van der Waals surface area contributed by atoms with Gasteiger partial charge in [-0.05, 0) is 54.4 Å². The lowest BCUT2D eigenvalue weighted by atomic mass is 9.83. The molecule has 6 nitrogen and oxygen atoms in total. The highest BCUT2D eigenvalue weighted by Gasteiger charge is 2.31. The molecule has 2 aliphatic rings. The van der Waals surface area contributed by atoms with Crippen molar-refractivity contribution < 1.29 is 8.78 Å². The van der Waals surface area contributed by atoms with Crippen LogP contribution in [0.3, 0.4) is 0 Å². The molecule has 4 N–H and O–H groups in total. The van der Waals surface area contributed by atoms with Crippen molar-refractivity contribution in [3.63, 3.8) is 0 Å². The third-order valence-electron chi connectivity index (χ3n) is 4.67. The van der Waals surface area contributed by atoms with Crippen LogP contribution in [0.4, 0.5) is 14.6 Å². The fraction of sp³-hybridized carbons (Fsp3) is 0.500. The summed E-state index contributed by atoms with van der Waals surface area (Å²) in [5.41, 5.74) is 2.52. The van der Waals surface area contributed by atoms with Crippen molar-refractivity contribution in [3.05, 3.63) is 23.5 Å². The van der Waals surface area contributed by atoms with Gasteiger partial charge < -0.3 is 10.3 Å².